The van der Waals surface area contributed by atoms with Gasteiger partial charge in [-0.05, 0) is 61.7 Å². The fourth-order valence-corrected chi connectivity index (χ4v) is 3.34. The largest absolute Gasteiger partial charge is 0.486 e. The van der Waals surface area contributed by atoms with Crippen LogP contribution in [0, 0.1) is 13.8 Å². The Hall–Kier alpha value is -4.00. The summed E-state index contributed by atoms with van der Waals surface area (Å²) in [4.78, 5) is 12.5. The van der Waals surface area contributed by atoms with Crippen LogP contribution >= 0.6 is 0 Å². The van der Waals surface area contributed by atoms with Crippen LogP contribution < -0.4 is 14.8 Å². The molecule has 0 atom stereocenters. The van der Waals surface area contributed by atoms with Crippen LogP contribution in [-0.4, -0.2) is 15.7 Å². The molecule has 0 aliphatic rings. The van der Waals surface area contributed by atoms with Crippen LogP contribution in [0.15, 0.2) is 71.4 Å². The van der Waals surface area contributed by atoms with Crippen LogP contribution in [0.4, 0.5) is 5.69 Å². The number of carbonyl (C=O) groups excluding carboxylic acids is 1. The molecule has 7 heteroatoms. The molecule has 0 spiro atoms. The van der Waals surface area contributed by atoms with Crippen molar-refractivity contribution in [3.8, 4) is 11.5 Å². The third-order valence-corrected chi connectivity index (χ3v) is 5.17. The molecule has 1 amide bonds. The Bertz CT molecular complexity index is 1220. The highest BCUT2D eigenvalue weighted by Crippen LogP contribution is 2.20. The highest BCUT2D eigenvalue weighted by atomic mass is 16.5. The van der Waals surface area contributed by atoms with Gasteiger partial charge in [-0.15, -0.1) is 0 Å². The van der Waals surface area contributed by atoms with Crippen LogP contribution in [0.1, 0.15) is 39.9 Å². The second kappa shape index (κ2) is 10.1. The lowest BCUT2D eigenvalue weighted by Crippen LogP contribution is -2.10. The summed E-state index contributed by atoms with van der Waals surface area (Å²) in [6, 6.07) is 17.3. The molecule has 0 aliphatic carbocycles. The van der Waals surface area contributed by atoms with Gasteiger partial charge in [-0.2, -0.15) is 5.10 Å². The number of aryl methyl sites for hydroxylation is 3. The fraction of sp³-hybridized carbons (Fsp3) is 0.231. The van der Waals surface area contributed by atoms with Gasteiger partial charge in [-0.25, -0.2) is 4.68 Å². The predicted molar refractivity (Wildman–Crippen MR) is 126 cm³/mol. The summed E-state index contributed by atoms with van der Waals surface area (Å²) < 4.78 is 18.8. The van der Waals surface area contributed by atoms with Crippen molar-refractivity contribution in [1.29, 1.82) is 0 Å². The Labute approximate surface area is 192 Å². The van der Waals surface area contributed by atoms with Crippen molar-refractivity contribution in [2.45, 2.75) is 40.5 Å². The Kier molecular flexibility index (Phi) is 6.78. The van der Waals surface area contributed by atoms with Crippen molar-refractivity contribution in [2.75, 3.05) is 5.32 Å². The Morgan fingerprint density at radius 1 is 1.06 bits per heavy atom. The van der Waals surface area contributed by atoms with E-state index in [1.165, 1.54) is 11.1 Å². The first-order valence-electron chi connectivity index (χ1n) is 10.8. The first kappa shape index (κ1) is 22.2. The Morgan fingerprint density at radius 3 is 2.64 bits per heavy atom. The lowest BCUT2D eigenvalue weighted by atomic mass is 10.1. The van der Waals surface area contributed by atoms with Gasteiger partial charge in [0.1, 0.15) is 23.9 Å². The second-order valence-corrected chi connectivity index (χ2v) is 7.82. The average molecular weight is 446 g/mol. The van der Waals surface area contributed by atoms with Gasteiger partial charge in [0.05, 0.1) is 18.1 Å². The number of hydrogen-bond donors (Lipinski definition) is 1. The van der Waals surface area contributed by atoms with E-state index >= 15 is 0 Å². The molecule has 7 nitrogen and oxygen atoms in total. The predicted octanol–water partition coefficient (Wildman–Crippen LogP) is 5.52. The quantitative estimate of drug-likeness (QED) is 0.367. The number of hydrogen-bond acceptors (Lipinski definition) is 5. The zero-order valence-electron chi connectivity index (χ0n) is 19.0. The summed E-state index contributed by atoms with van der Waals surface area (Å²) in [6.07, 6.45) is 4.25. The standard InChI is InChI=1S/C26H27N3O4/c1-4-20-6-8-22(9-7-20)31-16-23-10-12-25(33-23)26(30)28-21-14-27-29(15-21)17-32-24-11-5-18(2)13-19(24)3/h5-15H,4,16-17H2,1-3H3,(H,28,30). The molecule has 0 saturated carbocycles. The van der Waals surface area contributed by atoms with Gasteiger partial charge in [0, 0.05) is 0 Å². The molecule has 0 saturated heterocycles. The molecule has 0 unspecified atom stereocenters. The van der Waals surface area contributed by atoms with Crippen LogP contribution in [0.3, 0.4) is 0 Å². The zero-order valence-corrected chi connectivity index (χ0v) is 19.0. The molecule has 0 radical (unpaired) electrons. The topological polar surface area (TPSA) is 78.5 Å². The smallest absolute Gasteiger partial charge is 0.291 e. The molecule has 4 aromatic rings. The summed E-state index contributed by atoms with van der Waals surface area (Å²) >= 11 is 0. The second-order valence-electron chi connectivity index (χ2n) is 7.82. The van der Waals surface area contributed by atoms with E-state index in [0.29, 0.717) is 11.4 Å². The Balaban J connectivity index is 1.28. The Morgan fingerprint density at radius 2 is 1.88 bits per heavy atom. The fourth-order valence-electron chi connectivity index (χ4n) is 3.34. The number of nitrogens with zero attached hydrogens (tertiary/aromatic N) is 2. The molecule has 33 heavy (non-hydrogen) atoms. The first-order chi connectivity index (χ1) is 16.0. The van der Waals surface area contributed by atoms with Crippen LogP contribution in [0.2, 0.25) is 0 Å². The molecule has 1 N–H and O–H groups in total. The van der Waals surface area contributed by atoms with Gasteiger partial charge in [0.2, 0.25) is 0 Å². The van der Waals surface area contributed by atoms with Crippen molar-refractivity contribution >= 4 is 11.6 Å². The normalized spacial score (nSPS) is 10.8. The number of benzene rings is 2. The lowest BCUT2D eigenvalue weighted by Gasteiger charge is -2.09. The van der Waals surface area contributed by atoms with Crippen molar-refractivity contribution < 1.29 is 18.7 Å². The van der Waals surface area contributed by atoms with E-state index in [-0.39, 0.29) is 25.0 Å². The number of amides is 1. The number of anilines is 1. The average Bonchev–Trinajstić information content (AvgIpc) is 3.47. The van der Waals surface area contributed by atoms with E-state index in [4.69, 9.17) is 13.9 Å². The highest BCUT2D eigenvalue weighted by molar-refractivity contribution is 6.02. The van der Waals surface area contributed by atoms with Gasteiger partial charge < -0.3 is 19.2 Å². The molecule has 0 bridgehead atoms. The lowest BCUT2D eigenvalue weighted by molar-refractivity contribution is 0.0992. The van der Waals surface area contributed by atoms with Crippen molar-refractivity contribution in [2.24, 2.45) is 0 Å². The molecule has 4 rings (SSSR count). The number of furan rings is 1. The van der Waals surface area contributed by atoms with Gasteiger partial charge in [0.25, 0.3) is 5.91 Å². The summed E-state index contributed by atoms with van der Waals surface area (Å²) in [5.41, 5.74) is 4.04. The molecule has 0 aliphatic heterocycles. The van der Waals surface area contributed by atoms with E-state index in [2.05, 4.69) is 23.4 Å². The molecular formula is C26H27N3O4. The number of rotatable bonds is 9. The third kappa shape index (κ3) is 5.83. The van der Waals surface area contributed by atoms with Crippen LogP contribution in [0.5, 0.6) is 11.5 Å². The first-order valence-corrected chi connectivity index (χ1v) is 10.8. The number of aromatic nitrogens is 2. The van der Waals surface area contributed by atoms with E-state index in [1.54, 1.807) is 29.2 Å². The zero-order chi connectivity index (χ0) is 23.2. The molecule has 2 aromatic carbocycles. The molecular weight excluding hydrogens is 418 g/mol. The minimum absolute atomic E-state index is 0.203. The monoisotopic (exact) mass is 445 g/mol. The van der Waals surface area contributed by atoms with E-state index < -0.39 is 0 Å². The highest BCUT2D eigenvalue weighted by Gasteiger charge is 2.13. The van der Waals surface area contributed by atoms with Gasteiger partial charge in [-0.1, -0.05) is 36.8 Å². The molecule has 2 aromatic heterocycles. The summed E-state index contributed by atoms with van der Waals surface area (Å²) in [5, 5.41) is 7.02. The third-order valence-electron chi connectivity index (χ3n) is 5.17. The maximum absolute atomic E-state index is 12.5. The van der Waals surface area contributed by atoms with Gasteiger partial charge >= 0.3 is 0 Å². The summed E-state index contributed by atoms with van der Waals surface area (Å²) in [6.45, 7) is 6.63. The summed E-state index contributed by atoms with van der Waals surface area (Å²) in [5.74, 6) is 1.97. The van der Waals surface area contributed by atoms with Crippen molar-refractivity contribution in [3.05, 3.63) is 95.2 Å². The van der Waals surface area contributed by atoms with Gasteiger partial charge in [-0.3, -0.25) is 4.79 Å². The minimum atomic E-state index is -0.358. The maximum Gasteiger partial charge on any atom is 0.291 e. The SMILES string of the molecule is CCc1ccc(OCc2ccc(C(=O)Nc3cnn(COc4ccc(C)cc4C)c3)o2)cc1. The van der Waals surface area contributed by atoms with Crippen LogP contribution in [0.25, 0.3) is 0 Å². The van der Waals surface area contributed by atoms with E-state index in [9.17, 15) is 4.79 Å². The number of nitrogens with one attached hydrogen (secondary N) is 1. The van der Waals surface area contributed by atoms with E-state index in [1.807, 2.05) is 50.2 Å². The minimum Gasteiger partial charge on any atom is -0.486 e. The number of ether oxygens (including phenoxy) is 2. The number of carbonyl (C=O) groups is 1. The van der Waals surface area contributed by atoms with Crippen LogP contribution in [-0.2, 0) is 19.8 Å². The molecule has 2 heterocycles. The van der Waals surface area contributed by atoms with Gasteiger partial charge in [0.15, 0.2) is 12.5 Å². The maximum atomic E-state index is 12.5. The summed E-state index contributed by atoms with van der Waals surface area (Å²) in [7, 11) is 0. The van der Waals surface area contributed by atoms with Crippen molar-refractivity contribution in [1.82, 2.24) is 9.78 Å². The van der Waals surface area contributed by atoms with Crippen molar-refractivity contribution in [3.63, 3.8) is 0 Å². The molecule has 170 valence electrons. The van der Waals surface area contributed by atoms with E-state index in [0.717, 1.165) is 23.5 Å². The molecule has 0 fully saturated rings.